The van der Waals surface area contributed by atoms with Gasteiger partial charge in [0.1, 0.15) is 12.4 Å². The van der Waals surface area contributed by atoms with Gasteiger partial charge in [-0.1, -0.05) is 19.1 Å². The average molecular weight is 381 g/mol. The van der Waals surface area contributed by atoms with Gasteiger partial charge in [0.05, 0.1) is 17.9 Å². The molecule has 0 saturated carbocycles. The number of para-hydroxylation sites is 2. The first-order chi connectivity index (χ1) is 12.9. The zero-order chi connectivity index (χ0) is 19.4. The summed E-state index contributed by atoms with van der Waals surface area (Å²) in [5.41, 5.74) is -0.946. The van der Waals surface area contributed by atoms with Crippen molar-refractivity contribution in [2.45, 2.75) is 25.6 Å². The predicted molar refractivity (Wildman–Crippen MR) is 92.2 cm³/mol. The van der Waals surface area contributed by atoms with Gasteiger partial charge in [0.2, 0.25) is 6.10 Å². The Balaban J connectivity index is 1.79. The van der Waals surface area contributed by atoms with Crippen molar-refractivity contribution in [2.24, 2.45) is 0 Å². The normalized spacial score (nSPS) is 15.9. The molecule has 1 N–H and O–H groups in total. The highest BCUT2D eigenvalue weighted by molar-refractivity contribution is 5.96. The quantitative estimate of drug-likeness (QED) is 0.840. The van der Waals surface area contributed by atoms with E-state index in [0.29, 0.717) is 24.5 Å². The van der Waals surface area contributed by atoms with E-state index >= 15 is 0 Å². The molecule has 0 spiro atoms. The van der Waals surface area contributed by atoms with Crippen LogP contribution < -0.4 is 19.5 Å². The van der Waals surface area contributed by atoms with Crippen molar-refractivity contribution in [2.75, 3.05) is 18.5 Å². The molecule has 0 radical (unpaired) electrons. The molecule has 0 unspecified atom stereocenters. The van der Waals surface area contributed by atoms with Gasteiger partial charge in [-0.2, -0.15) is 13.2 Å². The third-order valence-electron chi connectivity index (χ3n) is 3.83. The second-order valence-electron chi connectivity index (χ2n) is 5.91. The summed E-state index contributed by atoms with van der Waals surface area (Å²) in [7, 11) is 0. The van der Waals surface area contributed by atoms with Gasteiger partial charge < -0.3 is 19.5 Å². The third kappa shape index (κ3) is 4.45. The number of benzene rings is 2. The lowest BCUT2D eigenvalue weighted by Gasteiger charge is -2.26. The van der Waals surface area contributed by atoms with Crippen LogP contribution in [0, 0.1) is 0 Å². The fraction of sp³-hybridized carbons (Fsp3) is 0.316. The molecule has 1 aliphatic heterocycles. The number of rotatable bonds is 5. The molecule has 27 heavy (non-hydrogen) atoms. The molecule has 1 heterocycles. The van der Waals surface area contributed by atoms with Crippen LogP contribution in [0.15, 0.2) is 42.5 Å². The van der Waals surface area contributed by atoms with Crippen LogP contribution in [0.3, 0.4) is 0 Å². The Bertz CT molecular complexity index is 823. The summed E-state index contributed by atoms with van der Waals surface area (Å²) in [5, 5.41) is 2.46. The summed E-state index contributed by atoms with van der Waals surface area (Å²) in [6.45, 7) is 2.13. The van der Waals surface area contributed by atoms with Crippen molar-refractivity contribution in [3.8, 4) is 17.2 Å². The van der Waals surface area contributed by atoms with Crippen LogP contribution in [0.1, 0.15) is 18.9 Å². The summed E-state index contributed by atoms with van der Waals surface area (Å²) < 4.78 is 55.5. The van der Waals surface area contributed by atoms with Crippen molar-refractivity contribution in [1.82, 2.24) is 0 Å². The number of amides is 1. The maximum atomic E-state index is 13.0. The maximum absolute atomic E-state index is 13.0. The Morgan fingerprint density at radius 2 is 1.96 bits per heavy atom. The van der Waals surface area contributed by atoms with Gasteiger partial charge in [0.25, 0.3) is 5.91 Å². The van der Waals surface area contributed by atoms with E-state index in [0.717, 1.165) is 12.1 Å². The monoisotopic (exact) mass is 381 g/mol. The second kappa shape index (κ2) is 7.77. The zero-order valence-corrected chi connectivity index (χ0v) is 14.5. The molecular formula is C19H18F3NO4. The van der Waals surface area contributed by atoms with Crippen LogP contribution in [0.5, 0.6) is 17.2 Å². The number of fused-ring (bicyclic) bond motifs is 1. The van der Waals surface area contributed by atoms with Gasteiger partial charge >= 0.3 is 6.18 Å². The minimum Gasteiger partial charge on any atom is -0.491 e. The highest BCUT2D eigenvalue weighted by atomic mass is 19.4. The van der Waals surface area contributed by atoms with Crippen molar-refractivity contribution in [3.05, 3.63) is 48.0 Å². The van der Waals surface area contributed by atoms with E-state index in [1.165, 1.54) is 6.07 Å². The number of hydrogen-bond donors (Lipinski definition) is 1. The molecule has 8 heteroatoms. The third-order valence-corrected chi connectivity index (χ3v) is 3.83. The first-order valence-corrected chi connectivity index (χ1v) is 8.42. The molecule has 5 nitrogen and oxygen atoms in total. The van der Waals surface area contributed by atoms with Crippen molar-refractivity contribution in [1.29, 1.82) is 0 Å². The van der Waals surface area contributed by atoms with Gasteiger partial charge in [-0.3, -0.25) is 4.79 Å². The second-order valence-corrected chi connectivity index (χ2v) is 5.91. The average Bonchev–Trinajstić information content (AvgIpc) is 2.65. The number of carbonyl (C=O) groups excluding carboxylic acids is 1. The van der Waals surface area contributed by atoms with Crippen molar-refractivity contribution in [3.63, 3.8) is 0 Å². The van der Waals surface area contributed by atoms with Crippen LogP contribution in [-0.2, 0) is 11.0 Å². The molecule has 144 valence electrons. The Morgan fingerprint density at radius 1 is 1.22 bits per heavy atom. The summed E-state index contributed by atoms with van der Waals surface area (Å²) >= 11 is 0. The lowest BCUT2D eigenvalue weighted by Crippen LogP contribution is -2.40. The van der Waals surface area contributed by atoms with Crippen LogP contribution in [0.2, 0.25) is 0 Å². The van der Waals surface area contributed by atoms with E-state index in [1.807, 2.05) is 6.92 Å². The fourth-order valence-corrected chi connectivity index (χ4v) is 2.50. The van der Waals surface area contributed by atoms with Gasteiger partial charge in [0.15, 0.2) is 11.5 Å². The Hall–Kier alpha value is -2.90. The number of ether oxygens (including phenoxy) is 3. The smallest absolute Gasteiger partial charge is 0.416 e. The van der Waals surface area contributed by atoms with Crippen LogP contribution in [0.25, 0.3) is 0 Å². The fourth-order valence-electron chi connectivity index (χ4n) is 2.50. The molecule has 0 aromatic heterocycles. The molecular weight excluding hydrogens is 363 g/mol. The van der Waals surface area contributed by atoms with E-state index in [4.69, 9.17) is 14.2 Å². The summed E-state index contributed by atoms with van der Waals surface area (Å²) in [5.74, 6) is 0.448. The highest BCUT2D eigenvalue weighted by Crippen LogP contribution is 2.36. The number of alkyl halides is 3. The maximum Gasteiger partial charge on any atom is 0.416 e. The minimum absolute atomic E-state index is 0.0487. The molecule has 0 saturated heterocycles. The SMILES string of the molecule is CCCOc1ccc(C(F)(F)F)cc1NC(=O)[C@@H]1COc2ccccc2O1. The molecule has 1 aliphatic rings. The molecule has 1 amide bonds. The van der Waals surface area contributed by atoms with Crippen LogP contribution in [0.4, 0.5) is 18.9 Å². The number of anilines is 1. The number of carbonyl (C=O) groups is 1. The minimum atomic E-state index is -4.54. The van der Waals surface area contributed by atoms with E-state index in [-0.39, 0.29) is 18.0 Å². The predicted octanol–water partition coefficient (Wildman–Crippen LogP) is 4.27. The molecule has 2 aromatic rings. The van der Waals surface area contributed by atoms with Gasteiger partial charge in [0, 0.05) is 0 Å². The van der Waals surface area contributed by atoms with E-state index in [2.05, 4.69) is 5.32 Å². The molecule has 3 rings (SSSR count). The lowest BCUT2D eigenvalue weighted by molar-refractivity contribution is -0.137. The Morgan fingerprint density at radius 3 is 2.67 bits per heavy atom. The molecule has 0 aliphatic carbocycles. The molecule has 0 fully saturated rings. The van der Waals surface area contributed by atoms with E-state index in [9.17, 15) is 18.0 Å². The van der Waals surface area contributed by atoms with Gasteiger partial charge in [-0.05, 0) is 36.8 Å². The van der Waals surface area contributed by atoms with E-state index in [1.54, 1.807) is 24.3 Å². The summed E-state index contributed by atoms with van der Waals surface area (Å²) in [6.07, 6.45) is -4.86. The molecule has 0 bridgehead atoms. The lowest BCUT2D eigenvalue weighted by atomic mass is 10.1. The first kappa shape index (κ1) is 18.9. The van der Waals surface area contributed by atoms with Crippen molar-refractivity contribution < 1.29 is 32.2 Å². The van der Waals surface area contributed by atoms with Crippen molar-refractivity contribution >= 4 is 11.6 Å². The highest BCUT2D eigenvalue weighted by Gasteiger charge is 2.32. The first-order valence-electron chi connectivity index (χ1n) is 8.42. The Labute approximate surface area is 154 Å². The Kier molecular flexibility index (Phi) is 5.43. The van der Waals surface area contributed by atoms with E-state index < -0.39 is 23.8 Å². The summed E-state index contributed by atoms with van der Waals surface area (Å²) in [4.78, 5) is 12.5. The number of halogens is 3. The standard InChI is InChI=1S/C19H18F3NO4/c1-2-9-25-14-8-7-12(19(20,21)22)10-13(14)23-18(24)17-11-26-15-5-3-4-6-16(15)27-17/h3-8,10,17H,2,9,11H2,1H3,(H,23,24)/t17-/m0/s1. The zero-order valence-electron chi connectivity index (χ0n) is 14.5. The molecule has 1 atom stereocenters. The largest absolute Gasteiger partial charge is 0.491 e. The summed E-state index contributed by atoms with van der Waals surface area (Å²) in [6, 6.07) is 9.80. The van der Waals surface area contributed by atoms with Crippen LogP contribution >= 0.6 is 0 Å². The van der Waals surface area contributed by atoms with Crippen LogP contribution in [-0.4, -0.2) is 25.2 Å². The van der Waals surface area contributed by atoms with Gasteiger partial charge in [-0.15, -0.1) is 0 Å². The topological polar surface area (TPSA) is 56.8 Å². The molecule has 2 aromatic carbocycles. The van der Waals surface area contributed by atoms with Gasteiger partial charge in [-0.25, -0.2) is 0 Å². The number of hydrogen-bond acceptors (Lipinski definition) is 4. The number of nitrogens with one attached hydrogen (secondary N) is 1.